The van der Waals surface area contributed by atoms with Gasteiger partial charge in [0.2, 0.25) is 15.9 Å². The number of amides is 1. The Bertz CT molecular complexity index is 852. The fourth-order valence-electron chi connectivity index (χ4n) is 2.22. The lowest BCUT2D eigenvalue weighted by atomic mass is 10.3. The van der Waals surface area contributed by atoms with Crippen molar-refractivity contribution in [2.24, 2.45) is 0 Å². The van der Waals surface area contributed by atoms with Crippen molar-refractivity contribution in [3.8, 4) is 5.75 Å². The summed E-state index contributed by atoms with van der Waals surface area (Å²) >= 11 is 1.50. The molecule has 0 saturated carbocycles. The highest BCUT2D eigenvalue weighted by Crippen LogP contribution is 2.24. The van der Waals surface area contributed by atoms with Gasteiger partial charge in [0, 0.05) is 4.90 Å². The third kappa shape index (κ3) is 5.23. The van der Waals surface area contributed by atoms with Crippen LogP contribution in [0.5, 0.6) is 5.75 Å². The van der Waals surface area contributed by atoms with E-state index < -0.39 is 22.0 Å². The number of hydrogen-bond acceptors (Lipinski definition) is 5. The van der Waals surface area contributed by atoms with Crippen LogP contribution in [0.1, 0.15) is 13.8 Å². The second-order valence-corrected chi connectivity index (χ2v) is 8.00. The maximum atomic E-state index is 12.5. The maximum Gasteiger partial charge on any atom is 0.242 e. The van der Waals surface area contributed by atoms with Gasteiger partial charge >= 0.3 is 0 Å². The third-order valence-electron chi connectivity index (χ3n) is 3.54. The van der Waals surface area contributed by atoms with Crippen molar-refractivity contribution >= 4 is 33.4 Å². The maximum absolute atomic E-state index is 12.5. The van der Waals surface area contributed by atoms with Crippen LogP contribution in [0.15, 0.2) is 58.3 Å². The van der Waals surface area contributed by atoms with Crippen LogP contribution < -0.4 is 14.8 Å². The number of benzene rings is 2. The normalized spacial score (nSPS) is 12.4. The molecule has 0 aromatic heterocycles. The van der Waals surface area contributed by atoms with Crippen molar-refractivity contribution in [2.45, 2.75) is 29.7 Å². The molecule has 2 N–H and O–H groups in total. The lowest BCUT2D eigenvalue weighted by molar-refractivity contribution is -0.117. The highest BCUT2D eigenvalue weighted by molar-refractivity contribution is 7.98. The quantitative estimate of drug-likeness (QED) is 0.672. The van der Waals surface area contributed by atoms with Gasteiger partial charge in [-0.25, -0.2) is 8.42 Å². The fraction of sp³-hybridized carbons (Fsp3) is 0.278. The number of carbonyl (C=O) groups excluding carboxylic acids is 1. The van der Waals surface area contributed by atoms with E-state index in [1.54, 1.807) is 18.2 Å². The Morgan fingerprint density at radius 2 is 1.81 bits per heavy atom. The van der Waals surface area contributed by atoms with Gasteiger partial charge in [-0.1, -0.05) is 12.1 Å². The molecular weight excluding hydrogens is 372 g/mol. The van der Waals surface area contributed by atoms with Gasteiger partial charge in [0.05, 0.1) is 23.2 Å². The second-order valence-electron chi connectivity index (χ2n) is 5.44. The number of sulfonamides is 1. The molecule has 0 radical (unpaired) electrons. The van der Waals surface area contributed by atoms with Crippen LogP contribution in [-0.2, 0) is 14.8 Å². The molecule has 0 bridgehead atoms. The van der Waals surface area contributed by atoms with E-state index in [4.69, 9.17) is 4.74 Å². The number of carbonyl (C=O) groups is 1. The molecule has 0 fully saturated rings. The molecule has 1 amide bonds. The SMILES string of the molecule is CCOc1ccc(S(=O)(=O)N[C@H](C)C(=O)Nc2ccccc2SC)cc1. The molecule has 0 aliphatic rings. The Morgan fingerprint density at radius 3 is 2.42 bits per heavy atom. The molecule has 0 aliphatic carbocycles. The average Bonchev–Trinajstić information content (AvgIpc) is 2.62. The molecule has 2 rings (SSSR count). The monoisotopic (exact) mass is 394 g/mol. The molecule has 6 nitrogen and oxygen atoms in total. The van der Waals surface area contributed by atoms with Gasteiger partial charge in [-0.2, -0.15) is 4.72 Å². The number of para-hydroxylation sites is 1. The van der Waals surface area contributed by atoms with Crippen molar-refractivity contribution in [3.05, 3.63) is 48.5 Å². The highest BCUT2D eigenvalue weighted by Gasteiger charge is 2.22. The topological polar surface area (TPSA) is 84.5 Å². The summed E-state index contributed by atoms with van der Waals surface area (Å²) in [6.45, 7) is 3.85. The third-order valence-corrected chi connectivity index (χ3v) is 5.89. The minimum atomic E-state index is -3.82. The molecule has 0 saturated heterocycles. The van der Waals surface area contributed by atoms with Crippen LogP contribution in [0.3, 0.4) is 0 Å². The van der Waals surface area contributed by atoms with E-state index >= 15 is 0 Å². The first-order chi connectivity index (χ1) is 12.4. The van der Waals surface area contributed by atoms with E-state index in [0.717, 1.165) is 4.90 Å². The largest absolute Gasteiger partial charge is 0.494 e. The van der Waals surface area contributed by atoms with Gasteiger partial charge in [-0.3, -0.25) is 4.79 Å². The molecule has 1 atom stereocenters. The summed E-state index contributed by atoms with van der Waals surface area (Å²) in [5.74, 6) is 0.159. The van der Waals surface area contributed by atoms with Crippen molar-refractivity contribution in [3.63, 3.8) is 0 Å². The molecule has 8 heteroatoms. The first-order valence-corrected chi connectivity index (χ1v) is 10.8. The van der Waals surface area contributed by atoms with Gasteiger partial charge in [-0.05, 0) is 56.5 Å². The summed E-state index contributed by atoms with van der Waals surface area (Å²) in [7, 11) is -3.82. The number of hydrogen-bond donors (Lipinski definition) is 2. The zero-order valence-corrected chi connectivity index (χ0v) is 16.5. The second kappa shape index (κ2) is 9.07. The summed E-state index contributed by atoms with van der Waals surface area (Å²) in [6, 6.07) is 12.5. The minimum absolute atomic E-state index is 0.0742. The summed E-state index contributed by atoms with van der Waals surface area (Å²) in [5.41, 5.74) is 0.650. The van der Waals surface area contributed by atoms with Gasteiger partial charge < -0.3 is 10.1 Å². The van der Waals surface area contributed by atoms with Crippen molar-refractivity contribution in [2.75, 3.05) is 18.2 Å². The fourth-order valence-corrected chi connectivity index (χ4v) is 3.98. The molecule has 2 aromatic rings. The average molecular weight is 395 g/mol. The van der Waals surface area contributed by atoms with Gasteiger partial charge in [-0.15, -0.1) is 11.8 Å². The molecule has 26 heavy (non-hydrogen) atoms. The molecule has 0 aliphatic heterocycles. The first-order valence-electron chi connectivity index (χ1n) is 8.06. The number of anilines is 1. The van der Waals surface area contributed by atoms with Gasteiger partial charge in [0.25, 0.3) is 0 Å². The number of thioether (sulfide) groups is 1. The zero-order chi connectivity index (χ0) is 19.2. The summed E-state index contributed by atoms with van der Waals surface area (Å²) in [4.78, 5) is 13.3. The predicted molar refractivity (Wildman–Crippen MR) is 104 cm³/mol. The van der Waals surface area contributed by atoms with E-state index in [1.165, 1.54) is 30.8 Å². The van der Waals surface area contributed by atoms with Crippen molar-refractivity contribution in [1.82, 2.24) is 4.72 Å². The Labute approximate surface area is 158 Å². The van der Waals surface area contributed by atoms with E-state index in [2.05, 4.69) is 10.0 Å². The lowest BCUT2D eigenvalue weighted by Gasteiger charge is -2.16. The molecule has 0 unspecified atom stereocenters. The summed E-state index contributed by atoms with van der Waals surface area (Å²) in [6.07, 6.45) is 1.91. The molecule has 140 valence electrons. The van der Waals surface area contributed by atoms with Crippen LogP contribution in [0.4, 0.5) is 5.69 Å². The Kier molecular flexibility index (Phi) is 7.07. The van der Waals surface area contributed by atoms with E-state index in [1.807, 2.05) is 31.4 Å². The zero-order valence-electron chi connectivity index (χ0n) is 14.9. The van der Waals surface area contributed by atoms with Crippen molar-refractivity contribution < 1.29 is 17.9 Å². The first kappa shape index (κ1) is 20.3. The summed E-state index contributed by atoms with van der Waals surface area (Å²) < 4.78 is 32.6. The number of ether oxygens (including phenoxy) is 1. The molecule has 2 aromatic carbocycles. The Morgan fingerprint density at radius 1 is 1.15 bits per heavy atom. The van der Waals surface area contributed by atoms with E-state index in [-0.39, 0.29) is 4.90 Å². The highest BCUT2D eigenvalue weighted by atomic mass is 32.2. The number of nitrogens with one attached hydrogen (secondary N) is 2. The van der Waals surface area contributed by atoms with Crippen LogP contribution in [0.25, 0.3) is 0 Å². The standard InChI is InChI=1S/C18H22N2O4S2/c1-4-24-14-9-11-15(12-10-14)26(22,23)20-13(2)18(21)19-16-7-5-6-8-17(16)25-3/h5-13,20H,4H2,1-3H3,(H,19,21)/t13-/m1/s1. The predicted octanol–water partition coefficient (Wildman–Crippen LogP) is 3.11. The Hall–Kier alpha value is -2.03. The minimum Gasteiger partial charge on any atom is -0.494 e. The molecular formula is C18H22N2O4S2. The van der Waals surface area contributed by atoms with Gasteiger partial charge in [0.1, 0.15) is 5.75 Å². The van der Waals surface area contributed by atoms with Crippen LogP contribution in [0, 0.1) is 0 Å². The molecule has 0 spiro atoms. The Balaban J connectivity index is 2.07. The molecule has 0 heterocycles. The van der Waals surface area contributed by atoms with Gasteiger partial charge in [0.15, 0.2) is 0 Å². The van der Waals surface area contributed by atoms with Crippen LogP contribution >= 0.6 is 11.8 Å². The number of rotatable bonds is 8. The smallest absolute Gasteiger partial charge is 0.242 e. The van der Waals surface area contributed by atoms with Crippen LogP contribution in [-0.4, -0.2) is 33.2 Å². The van der Waals surface area contributed by atoms with E-state index in [9.17, 15) is 13.2 Å². The van der Waals surface area contributed by atoms with E-state index in [0.29, 0.717) is 18.0 Å². The van der Waals surface area contributed by atoms with Crippen molar-refractivity contribution in [1.29, 1.82) is 0 Å². The summed E-state index contributed by atoms with van der Waals surface area (Å²) in [5, 5.41) is 2.75. The lowest BCUT2D eigenvalue weighted by Crippen LogP contribution is -2.41. The van der Waals surface area contributed by atoms with Crippen LogP contribution in [0.2, 0.25) is 0 Å².